The third-order valence-electron chi connectivity index (χ3n) is 3.67. The van der Waals surface area contributed by atoms with E-state index in [0.29, 0.717) is 23.3 Å². The molecule has 7 heteroatoms. The number of amides is 1. The Hall–Kier alpha value is -1.92. The molecule has 0 radical (unpaired) electrons. The van der Waals surface area contributed by atoms with E-state index in [4.69, 9.17) is 20.9 Å². The number of rotatable bonds is 4. The highest BCUT2D eigenvalue weighted by molar-refractivity contribution is 6.30. The van der Waals surface area contributed by atoms with Crippen LogP contribution in [0.5, 0.6) is 0 Å². The first-order chi connectivity index (χ1) is 10.7. The molecule has 1 aliphatic rings. The van der Waals surface area contributed by atoms with Crippen LogP contribution in [0.1, 0.15) is 24.8 Å². The first-order valence-electron chi connectivity index (χ1n) is 7.07. The average molecular weight is 322 g/mol. The van der Waals surface area contributed by atoms with Gasteiger partial charge in [0.25, 0.3) is 0 Å². The van der Waals surface area contributed by atoms with Gasteiger partial charge in [-0.2, -0.15) is 4.98 Å². The molecule has 1 atom stereocenters. The maximum absolute atomic E-state index is 12.0. The Morgan fingerprint density at radius 1 is 1.45 bits per heavy atom. The second-order valence-electron chi connectivity index (χ2n) is 5.14. The molecule has 1 saturated heterocycles. The van der Waals surface area contributed by atoms with Crippen molar-refractivity contribution in [2.75, 3.05) is 20.3 Å². The number of ether oxygens (including phenoxy) is 1. The molecule has 22 heavy (non-hydrogen) atoms. The van der Waals surface area contributed by atoms with Gasteiger partial charge in [0, 0.05) is 24.2 Å². The molecule has 1 unspecified atom stereocenters. The minimum Gasteiger partial charge on any atom is -0.375 e. The molecule has 0 aliphatic carbocycles. The first-order valence-corrected chi connectivity index (χ1v) is 7.45. The summed E-state index contributed by atoms with van der Waals surface area (Å²) in [4.78, 5) is 18.2. The predicted molar refractivity (Wildman–Crippen MR) is 80.3 cm³/mol. The normalized spacial score (nSPS) is 17.9. The van der Waals surface area contributed by atoms with Crippen LogP contribution >= 0.6 is 11.6 Å². The minimum absolute atomic E-state index is 0.0590. The van der Waals surface area contributed by atoms with E-state index in [9.17, 15) is 4.79 Å². The van der Waals surface area contributed by atoms with Gasteiger partial charge in [-0.3, -0.25) is 4.79 Å². The van der Waals surface area contributed by atoms with E-state index in [1.54, 1.807) is 17.0 Å². The fourth-order valence-corrected chi connectivity index (χ4v) is 2.74. The van der Waals surface area contributed by atoms with Crippen molar-refractivity contribution in [1.29, 1.82) is 0 Å². The maximum Gasteiger partial charge on any atom is 0.249 e. The van der Waals surface area contributed by atoms with E-state index in [2.05, 4.69) is 10.1 Å². The van der Waals surface area contributed by atoms with Crippen molar-refractivity contribution < 1.29 is 14.1 Å². The van der Waals surface area contributed by atoms with Gasteiger partial charge in [-0.05, 0) is 37.1 Å². The summed E-state index contributed by atoms with van der Waals surface area (Å²) >= 11 is 5.87. The van der Waals surface area contributed by atoms with Crippen molar-refractivity contribution in [2.45, 2.75) is 18.9 Å². The Labute approximate surface area is 133 Å². The van der Waals surface area contributed by atoms with Crippen LogP contribution in [0.2, 0.25) is 5.02 Å². The quantitative estimate of drug-likeness (QED) is 0.866. The molecular weight excluding hydrogens is 306 g/mol. The number of methoxy groups -OCH3 is 1. The monoisotopic (exact) mass is 321 g/mol. The van der Waals surface area contributed by atoms with Gasteiger partial charge in [0.1, 0.15) is 12.6 Å². The predicted octanol–water partition coefficient (Wildman–Crippen LogP) is 2.70. The molecule has 6 nitrogen and oxygen atoms in total. The lowest BCUT2D eigenvalue weighted by Gasteiger charge is -2.21. The lowest BCUT2D eigenvalue weighted by Crippen LogP contribution is -2.33. The molecule has 0 bridgehead atoms. The summed E-state index contributed by atoms with van der Waals surface area (Å²) < 4.78 is 10.3. The fraction of sp³-hybridized carbons (Fsp3) is 0.400. The van der Waals surface area contributed by atoms with Gasteiger partial charge in [0.15, 0.2) is 0 Å². The Kier molecular flexibility index (Phi) is 4.40. The molecule has 0 N–H and O–H groups in total. The molecule has 0 saturated carbocycles. The first kappa shape index (κ1) is 15.0. The smallest absolute Gasteiger partial charge is 0.249 e. The molecule has 2 heterocycles. The van der Waals surface area contributed by atoms with Crippen molar-refractivity contribution in [3.05, 3.63) is 35.2 Å². The summed E-state index contributed by atoms with van der Waals surface area (Å²) in [5.74, 6) is 0.904. The third-order valence-corrected chi connectivity index (χ3v) is 3.92. The second-order valence-corrected chi connectivity index (χ2v) is 5.58. The van der Waals surface area contributed by atoms with Gasteiger partial charge in [-0.25, -0.2) is 0 Å². The van der Waals surface area contributed by atoms with E-state index in [1.165, 1.54) is 7.11 Å². The van der Waals surface area contributed by atoms with Crippen LogP contribution in [-0.4, -0.2) is 41.2 Å². The fourth-order valence-electron chi connectivity index (χ4n) is 2.62. The molecule has 1 aromatic heterocycles. The van der Waals surface area contributed by atoms with Crippen LogP contribution < -0.4 is 0 Å². The van der Waals surface area contributed by atoms with Gasteiger partial charge in [0.05, 0.1) is 0 Å². The third kappa shape index (κ3) is 2.98. The Morgan fingerprint density at radius 3 is 2.95 bits per heavy atom. The SMILES string of the molecule is COCC(=O)N1CCCC1c1nc(-c2ccc(Cl)cc2)no1. The van der Waals surface area contributed by atoms with Crippen LogP contribution in [0.4, 0.5) is 0 Å². The maximum atomic E-state index is 12.0. The number of carbonyl (C=O) groups excluding carboxylic acids is 1. The van der Waals surface area contributed by atoms with Gasteiger partial charge in [0.2, 0.25) is 17.6 Å². The number of aromatic nitrogens is 2. The summed E-state index contributed by atoms with van der Waals surface area (Å²) in [5.41, 5.74) is 0.826. The molecule has 1 aromatic carbocycles. The van der Waals surface area contributed by atoms with E-state index >= 15 is 0 Å². The number of halogens is 1. The zero-order valence-electron chi connectivity index (χ0n) is 12.2. The van der Waals surface area contributed by atoms with Crippen molar-refractivity contribution in [1.82, 2.24) is 15.0 Å². The molecule has 116 valence electrons. The standard InChI is InChI=1S/C15H16ClN3O3/c1-21-9-13(20)19-8-2-3-12(19)15-17-14(18-22-15)10-4-6-11(16)7-5-10/h4-7,12H,2-3,8-9H2,1H3. The molecule has 1 amide bonds. The molecule has 2 aromatic rings. The van der Waals surface area contributed by atoms with E-state index in [0.717, 1.165) is 18.4 Å². The second kappa shape index (κ2) is 6.46. The lowest BCUT2D eigenvalue weighted by molar-refractivity contribution is -0.136. The largest absolute Gasteiger partial charge is 0.375 e. The summed E-state index contributed by atoms with van der Waals surface area (Å²) in [7, 11) is 1.51. The van der Waals surface area contributed by atoms with E-state index in [-0.39, 0.29) is 18.6 Å². The number of benzene rings is 1. The van der Waals surface area contributed by atoms with Crippen molar-refractivity contribution in [3.63, 3.8) is 0 Å². The molecular formula is C15H16ClN3O3. The number of carbonyl (C=O) groups is 1. The summed E-state index contributed by atoms with van der Waals surface area (Å²) in [6.45, 7) is 0.750. The number of hydrogen-bond donors (Lipinski definition) is 0. The number of likely N-dealkylation sites (tertiary alicyclic amines) is 1. The highest BCUT2D eigenvalue weighted by atomic mass is 35.5. The summed E-state index contributed by atoms with van der Waals surface area (Å²) in [5, 5.41) is 4.65. The van der Waals surface area contributed by atoms with Crippen LogP contribution in [0, 0.1) is 0 Å². The Bertz CT molecular complexity index is 656. The average Bonchev–Trinajstić information content (AvgIpc) is 3.17. The Balaban J connectivity index is 1.80. The van der Waals surface area contributed by atoms with Crippen molar-refractivity contribution in [2.24, 2.45) is 0 Å². The zero-order chi connectivity index (χ0) is 15.5. The van der Waals surface area contributed by atoms with Crippen LogP contribution in [-0.2, 0) is 9.53 Å². The highest BCUT2D eigenvalue weighted by Crippen LogP contribution is 2.32. The number of nitrogens with zero attached hydrogens (tertiary/aromatic N) is 3. The Morgan fingerprint density at radius 2 is 2.23 bits per heavy atom. The molecule has 1 aliphatic heterocycles. The highest BCUT2D eigenvalue weighted by Gasteiger charge is 2.33. The van der Waals surface area contributed by atoms with Crippen LogP contribution in [0.15, 0.2) is 28.8 Å². The van der Waals surface area contributed by atoms with E-state index < -0.39 is 0 Å². The van der Waals surface area contributed by atoms with Crippen molar-refractivity contribution in [3.8, 4) is 11.4 Å². The molecule has 3 rings (SSSR count). The summed E-state index contributed by atoms with van der Waals surface area (Å²) in [6.07, 6.45) is 1.73. The zero-order valence-corrected chi connectivity index (χ0v) is 12.9. The van der Waals surface area contributed by atoms with Gasteiger partial charge < -0.3 is 14.2 Å². The number of hydrogen-bond acceptors (Lipinski definition) is 5. The summed E-state index contributed by atoms with van der Waals surface area (Å²) in [6, 6.07) is 7.04. The topological polar surface area (TPSA) is 68.5 Å². The van der Waals surface area contributed by atoms with Gasteiger partial charge in [-0.15, -0.1) is 0 Å². The molecule has 0 spiro atoms. The molecule has 1 fully saturated rings. The van der Waals surface area contributed by atoms with Crippen LogP contribution in [0.3, 0.4) is 0 Å². The van der Waals surface area contributed by atoms with E-state index in [1.807, 2.05) is 12.1 Å². The lowest BCUT2D eigenvalue weighted by atomic mass is 10.2. The van der Waals surface area contributed by atoms with Crippen LogP contribution in [0.25, 0.3) is 11.4 Å². The van der Waals surface area contributed by atoms with Gasteiger partial charge >= 0.3 is 0 Å². The van der Waals surface area contributed by atoms with Gasteiger partial charge in [-0.1, -0.05) is 16.8 Å². The van der Waals surface area contributed by atoms with Crippen molar-refractivity contribution >= 4 is 17.5 Å². The minimum atomic E-state index is -0.170.